The second-order valence-electron chi connectivity index (χ2n) is 7.03. The van der Waals surface area contributed by atoms with Crippen molar-refractivity contribution in [1.82, 2.24) is 0 Å². The summed E-state index contributed by atoms with van der Waals surface area (Å²) in [5.74, 6) is -1.55. The van der Waals surface area contributed by atoms with Crippen molar-refractivity contribution in [2.24, 2.45) is 5.92 Å². The first kappa shape index (κ1) is 18.8. The molecule has 0 bridgehead atoms. The minimum absolute atomic E-state index is 0.0473. The molecule has 1 saturated carbocycles. The molecule has 140 valence electrons. The van der Waals surface area contributed by atoms with E-state index in [2.05, 4.69) is 6.92 Å². The smallest absolute Gasteiger partial charge is 0.201 e. The van der Waals surface area contributed by atoms with Gasteiger partial charge < -0.3 is 4.74 Å². The van der Waals surface area contributed by atoms with Gasteiger partial charge in [0.05, 0.1) is 6.61 Å². The molecule has 1 aliphatic carbocycles. The van der Waals surface area contributed by atoms with E-state index < -0.39 is 11.6 Å². The normalized spacial score (nSPS) is 20.2. The number of hydrogen-bond donors (Lipinski definition) is 0. The van der Waals surface area contributed by atoms with Gasteiger partial charge >= 0.3 is 0 Å². The molecule has 0 atom stereocenters. The van der Waals surface area contributed by atoms with Gasteiger partial charge in [-0.05, 0) is 73.8 Å². The van der Waals surface area contributed by atoms with Crippen LogP contribution in [0.5, 0.6) is 5.75 Å². The van der Waals surface area contributed by atoms with Gasteiger partial charge in [0.15, 0.2) is 11.6 Å². The Labute approximate surface area is 153 Å². The second-order valence-corrected chi connectivity index (χ2v) is 7.03. The van der Waals surface area contributed by atoms with Gasteiger partial charge in [-0.25, -0.2) is 8.78 Å². The lowest BCUT2D eigenvalue weighted by Crippen LogP contribution is -2.13. The molecule has 2 aromatic carbocycles. The number of benzene rings is 2. The van der Waals surface area contributed by atoms with Crippen LogP contribution in [0.15, 0.2) is 30.3 Å². The Bertz CT molecular complexity index is 764. The van der Waals surface area contributed by atoms with Crippen LogP contribution in [0.2, 0.25) is 0 Å². The lowest BCUT2D eigenvalue weighted by atomic mass is 9.77. The Morgan fingerprint density at radius 2 is 1.65 bits per heavy atom. The summed E-state index contributed by atoms with van der Waals surface area (Å²) in [4.78, 5) is 0. The van der Waals surface area contributed by atoms with Crippen LogP contribution < -0.4 is 4.74 Å². The summed E-state index contributed by atoms with van der Waals surface area (Å²) in [5, 5.41) is 0. The van der Waals surface area contributed by atoms with Crippen molar-refractivity contribution in [2.45, 2.75) is 51.9 Å². The average molecular weight is 362 g/mol. The molecular weight excluding hydrogens is 337 g/mol. The maximum Gasteiger partial charge on any atom is 0.201 e. The first-order valence-corrected chi connectivity index (χ1v) is 9.45. The van der Waals surface area contributed by atoms with Gasteiger partial charge in [0.1, 0.15) is 5.82 Å². The molecule has 0 amide bonds. The maximum absolute atomic E-state index is 14.7. The monoisotopic (exact) mass is 362 g/mol. The molecule has 26 heavy (non-hydrogen) atoms. The first-order chi connectivity index (χ1) is 12.5. The zero-order valence-electron chi connectivity index (χ0n) is 15.3. The minimum Gasteiger partial charge on any atom is -0.491 e. The lowest BCUT2D eigenvalue weighted by molar-refractivity contribution is 0.314. The fraction of sp³-hybridized carbons (Fsp3) is 0.455. The standard InChI is InChI=1S/C22H25F3O/c1-3-14-5-7-15(8-6-14)17-10-9-16(13-19(17)23)18-11-12-20(26-4-2)22(25)21(18)24/h9-15H,3-8H2,1-2H3. The predicted molar refractivity (Wildman–Crippen MR) is 97.9 cm³/mol. The van der Waals surface area contributed by atoms with E-state index in [9.17, 15) is 13.2 Å². The SMILES string of the molecule is CCOc1ccc(-c2ccc(C3CCC(CC)CC3)c(F)c2)c(F)c1F. The molecule has 1 aliphatic rings. The van der Waals surface area contributed by atoms with E-state index in [1.807, 2.05) is 0 Å². The Hall–Kier alpha value is -1.97. The van der Waals surface area contributed by atoms with Crippen LogP contribution in [0.3, 0.4) is 0 Å². The number of halogens is 3. The molecule has 0 spiro atoms. The summed E-state index contributed by atoms with van der Waals surface area (Å²) >= 11 is 0. The Kier molecular flexibility index (Phi) is 5.90. The van der Waals surface area contributed by atoms with Crippen molar-refractivity contribution in [3.63, 3.8) is 0 Å². The van der Waals surface area contributed by atoms with E-state index >= 15 is 0 Å². The first-order valence-electron chi connectivity index (χ1n) is 9.45. The lowest BCUT2D eigenvalue weighted by Gasteiger charge is -2.28. The third-order valence-corrected chi connectivity index (χ3v) is 5.52. The van der Waals surface area contributed by atoms with E-state index in [4.69, 9.17) is 4.74 Å². The van der Waals surface area contributed by atoms with Crippen molar-refractivity contribution in [1.29, 1.82) is 0 Å². The van der Waals surface area contributed by atoms with Crippen molar-refractivity contribution >= 4 is 0 Å². The highest BCUT2D eigenvalue weighted by molar-refractivity contribution is 5.66. The quantitative estimate of drug-likeness (QED) is 0.565. The summed E-state index contributed by atoms with van der Waals surface area (Å²) in [5.41, 5.74) is 1.08. The Morgan fingerprint density at radius 1 is 0.923 bits per heavy atom. The van der Waals surface area contributed by atoms with Gasteiger partial charge in [0.2, 0.25) is 5.82 Å². The van der Waals surface area contributed by atoms with E-state index in [0.717, 1.165) is 31.6 Å². The van der Waals surface area contributed by atoms with E-state index in [1.54, 1.807) is 19.1 Å². The van der Waals surface area contributed by atoms with Crippen LogP contribution in [0.1, 0.15) is 57.4 Å². The van der Waals surface area contributed by atoms with Crippen molar-refractivity contribution in [3.8, 4) is 16.9 Å². The van der Waals surface area contributed by atoms with Crippen LogP contribution in [0.4, 0.5) is 13.2 Å². The molecule has 0 N–H and O–H groups in total. The molecule has 1 nitrogen and oxygen atoms in total. The van der Waals surface area contributed by atoms with Crippen LogP contribution in [0.25, 0.3) is 11.1 Å². The van der Waals surface area contributed by atoms with Crippen molar-refractivity contribution < 1.29 is 17.9 Å². The van der Waals surface area contributed by atoms with Crippen molar-refractivity contribution in [2.75, 3.05) is 6.61 Å². The van der Waals surface area contributed by atoms with Crippen molar-refractivity contribution in [3.05, 3.63) is 53.3 Å². The van der Waals surface area contributed by atoms with Gasteiger partial charge in [0, 0.05) is 5.56 Å². The predicted octanol–water partition coefficient (Wildman–Crippen LogP) is 6.85. The average Bonchev–Trinajstić information content (AvgIpc) is 2.66. The zero-order chi connectivity index (χ0) is 18.7. The highest BCUT2D eigenvalue weighted by atomic mass is 19.2. The van der Waals surface area contributed by atoms with Gasteiger partial charge in [-0.3, -0.25) is 0 Å². The summed E-state index contributed by atoms with van der Waals surface area (Å²) < 4.78 is 48.2. The third-order valence-electron chi connectivity index (χ3n) is 5.52. The number of hydrogen-bond acceptors (Lipinski definition) is 1. The fourth-order valence-electron chi connectivity index (χ4n) is 3.93. The Morgan fingerprint density at radius 3 is 2.27 bits per heavy atom. The van der Waals surface area contributed by atoms with Gasteiger partial charge in [-0.15, -0.1) is 0 Å². The molecule has 0 unspecified atom stereocenters. The van der Waals surface area contributed by atoms with Crippen LogP contribution in [-0.2, 0) is 0 Å². The molecule has 4 heteroatoms. The van der Waals surface area contributed by atoms with Gasteiger partial charge in [0.25, 0.3) is 0 Å². The second kappa shape index (κ2) is 8.15. The summed E-state index contributed by atoms with van der Waals surface area (Å²) in [6.07, 6.45) is 5.40. The molecule has 0 aliphatic heterocycles. The minimum atomic E-state index is -1.04. The van der Waals surface area contributed by atoms with E-state index in [0.29, 0.717) is 11.1 Å². The number of rotatable bonds is 5. The van der Waals surface area contributed by atoms with Crippen LogP contribution in [-0.4, -0.2) is 6.61 Å². The number of ether oxygens (including phenoxy) is 1. The maximum atomic E-state index is 14.7. The van der Waals surface area contributed by atoms with Crippen LogP contribution >= 0.6 is 0 Å². The molecule has 3 rings (SSSR count). The summed E-state index contributed by atoms with van der Waals surface area (Å²) in [7, 11) is 0. The third kappa shape index (κ3) is 3.74. The summed E-state index contributed by atoms with van der Waals surface area (Å²) in [6, 6.07) is 7.55. The largest absolute Gasteiger partial charge is 0.491 e. The molecule has 1 fully saturated rings. The highest BCUT2D eigenvalue weighted by Crippen LogP contribution is 2.39. The van der Waals surface area contributed by atoms with Crippen LogP contribution in [0, 0.1) is 23.4 Å². The van der Waals surface area contributed by atoms with Gasteiger partial charge in [-0.2, -0.15) is 4.39 Å². The molecule has 0 saturated heterocycles. The molecule has 0 aromatic heterocycles. The van der Waals surface area contributed by atoms with Gasteiger partial charge in [-0.1, -0.05) is 25.5 Å². The molecule has 0 heterocycles. The highest BCUT2D eigenvalue weighted by Gasteiger charge is 2.24. The fourth-order valence-corrected chi connectivity index (χ4v) is 3.93. The van der Waals surface area contributed by atoms with E-state index in [1.165, 1.54) is 24.6 Å². The Balaban J connectivity index is 1.85. The zero-order valence-corrected chi connectivity index (χ0v) is 15.3. The molecular formula is C22H25F3O. The topological polar surface area (TPSA) is 9.23 Å². The molecule has 2 aromatic rings. The van der Waals surface area contributed by atoms with E-state index in [-0.39, 0.29) is 29.7 Å². The molecule has 0 radical (unpaired) electrons. The summed E-state index contributed by atoms with van der Waals surface area (Å²) in [6.45, 7) is 4.15.